The Hall–Kier alpha value is -3.23. The molecular formula is C23H26N4O5. The van der Waals surface area contributed by atoms with E-state index in [0.29, 0.717) is 26.2 Å². The lowest BCUT2D eigenvalue weighted by atomic mass is 9.63. The molecule has 9 heteroatoms. The van der Waals surface area contributed by atoms with Crippen LogP contribution in [-0.4, -0.2) is 65.2 Å². The number of imide groups is 1. The van der Waals surface area contributed by atoms with Crippen LogP contribution in [0.15, 0.2) is 36.4 Å². The van der Waals surface area contributed by atoms with Crippen molar-refractivity contribution in [1.29, 1.82) is 0 Å². The molecule has 2 bridgehead atoms. The summed E-state index contributed by atoms with van der Waals surface area (Å²) in [6.45, 7) is 2.49. The van der Waals surface area contributed by atoms with E-state index >= 15 is 0 Å². The van der Waals surface area contributed by atoms with Gasteiger partial charge < -0.3 is 9.80 Å². The Morgan fingerprint density at radius 3 is 2.00 bits per heavy atom. The number of likely N-dealkylation sites (tertiary alicyclic amines) is 1. The predicted molar refractivity (Wildman–Crippen MR) is 116 cm³/mol. The Morgan fingerprint density at radius 1 is 0.938 bits per heavy atom. The molecule has 2 saturated heterocycles. The zero-order chi connectivity index (χ0) is 22.4. The summed E-state index contributed by atoms with van der Waals surface area (Å²) in [5, 5.41) is 10.8. The summed E-state index contributed by atoms with van der Waals surface area (Å²) < 4.78 is 0. The number of piperazine rings is 1. The highest BCUT2D eigenvalue weighted by atomic mass is 16.6. The zero-order valence-corrected chi connectivity index (χ0v) is 17.8. The fourth-order valence-electron chi connectivity index (χ4n) is 5.72. The third kappa shape index (κ3) is 3.45. The van der Waals surface area contributed by atoms with Crippen LogP contribution in [0.4, 0.5) is 11.4 Å². The lowest BCUT2D eigenvalue weighted by Crippen LogP contribution is -2.49. The number of allylic oxidation sites excluding steroid dienone is 2. The van der Waals surface area contributed by atoms with Crippen molar-refractivity contribution in [3.8, 4) is 0 Å². The van der Waals surface area contributed by atoms with E-state index in [1.807, 2.05) is 0 Å². The molecule has 0 aromatic heterocycles. The smallest absolute Gasteiger partial charge is 0.269 e. The van der Waals surface area contributed by atoms with Crippen LogP contribution in [0.2, 0.25) is 0 Å². The lowest BCUT2D eigenvalue weighted by molar-refractivity contribution is -0.384. The molecule has 1 aromatic rings. The van der Waals surface area contributed by atoms with Crippen molar-refractivity contribution in [2.24, 2.45) is 23.7 Å². The van der Waals surface area contributed by atoms with Crippen molar-refractivity contribution >= 4 is 29.1 Å². The number of non-ortho nitro benzene ring substituents is 1. The largest absolute Gasteiger partial charge is 0.368 e. The summed E-state index contributed by atoms with van der Waals surface area (Å²) in [6, 6.07) is 6.41. The third-order valence-corrected chi connectivity index (χ3v) is 7.46. The van der Waals surface area contributed by atoms with Gasteiger partial charge in [0.2, 0.25) is 17.7 Å². The molecule has 168 valence electrons. The number of benzene rings is 1. The molecule has 9 nitrogen and oxygen atoms in total. The van der Waals surface area contributed by atoms with Crippen LogP contribution >= 0.6 is 0 Å². The second-order valence-electron chi connectivity index (χ2n) is 9.06. The van der Waals surface area contributed by atoms with Gasteiger partial charge in [0.05, 0.1) is 16.8 Å². The molecule has 0 unspecified atom stereocenters. The third-order valence-electron chi connectivity index (χ3n) is 7.46. The normalized spacial score (nSPS) is 28.9. The van der Waals surface area contributed by atoms with Gasteiger partial charge in [-0.3, -0.25) is 29.4 Å². The minimum absolute atomic E-state index is 0.0510. The maximum Gasteiger partial charge on any atom is 0.269 e. The van der Waals surface area contributed by atoms with E-state index in [-0.39, 0.29) is 60.0 Å². The summed E-state index contributed by atoms with van der Waals surface area (Å²) in [5.74, 6) is -0.392. The maximum absolute atomic E-state index is 12.9. The number of carbonyl (C=O) groups excluding carboxylic acids is 3. The number of nitro groups is 1. The van der Waals surface area contributed by atoms with Crippen LogP contribution in [0, 0.1) is 33.8 Å². The summed E-state index contributed by atoms with van der Waals surface area (Å²) in [7, 11) is 0. The fourth-order valence-corrected chi connectivity index (χ4v) is 5.72. The van der Waals surface area contributed by atoms with Crippen LogP contribution in [0.3, 0.4) is 0 Å². The lowest BCUT2D eigenvalue weighted by Gasteiger charge is -2.38. The van der Waals surface area contributed by atoms with Gasteiger partial charge in [-0.05, 0) is 36.8 Å². The maximum atomic E-state index is 12.9. The van der Waals surface area contributed by atoms with Crippen molar-refractivity contribution < 1.29 is 19.3 Å². The molecule has 2 aliphatic heterocycles. The van der Waals surface area contributed by atoms with Crippen LogP contribution in [0.25, 0.3) is 0 Å². The molecule has 1 saturated carbocycles. The first-order valence-electron chi connectivity index (χ1n) is 11.2. The highest BCUT2D eigenvalue weighted by molar-refractivity contribution is 6.06. The molecule has 3 amide bonds. The first kappa shape index (κ1) is 20.7. The van der Waals surface area contributed by atoms with E-state index in [0.717, 1.165) is 18.5 Å². The fraction of sp³-hybridized carbons (Fsp3) is 0.522. The Labute approximate surface area is 185 Å². The summed E-state index contributed by atoms with van der Waals surface area (Å²) >= 11 is 0. The molecule has 0 radical (unpaired) electrons. The Kier molecular flexibility index (Phi) is 5.19. The van der Waals surface area contributed by atoms with Gasteiger partial charge in [-0.25, -0.2) is 0 Å². The topological polar surface area (TPSA) is 104 Å². The molecule has 32 heavy (non-hydrogen) atoms. The van der Waals surface area contributed by atoms with Gasteiger partial charge in [-0.1, -0.05) is 12.2 Å². The van der Waals surface area contributed by atoms with Gasteiger partial charge >= 0.3 is 0 Å². The Bertz CT molecular complexity index is 951. The first-order chi connectivity index (χ1) is 15.4. The second-order valence-corrected chi connectivity index (χ2v) is 9.06. The summed E-state index contributed by atoms with van der Waals surface area (Å²) in [5.41, 5.74) is 0.944. The van der Waals surface area contributed by atoms with Gasteiger partial charge in [0.25, 0.3) is 5.69 Å². The van der Waals surface area contributed by atoms with Crippen molar-refractivity contribution in [2.75, 3.05) is 37.6 Å². The number of fused-ring (bicyclic) bond motifs is 1. The van der Waals surface area contributed by atoms with Gasteiger partial charge in [-0.2, -0.15) is 0 Å². The van der Waals surface area contributed by atoms with E-state index < -0.39 is 4.92 Å². The van der Waals surface area contributed by atoms with E-state index in [1.54, 1.807) is 17.0 Å². The first-order valence-corrected chi connectivity index (χ1v) is 11.2. The van der Waals surface area contributed by atoms with Crippen molar-refractivity contribution in [3.05, 3.63) is 46.5 Å². The second kappa shape index (κ2) is 8.03. The quantitative estimate of drug-likeness (QED) is 0.301. The van der Waals surface area contributed by atoms with Gasteiger partial charge in [-0.15, -0.1) is 0 Å². The highest BCUT2D eigenvalue weighted by Crippen LogP contribution is 2.49. The van der Waals surface area contributed by atoms with E-state index in [2.05, 4.69) is 17.1 Å². The van der Waals surface area contributed by atoms with Gasteiger partial charge in [0.1, 0.15) is 0 Å². The number of carbonyl (C=O) groups is 3. The van der Waals surface area contributed by atoms with E-state index in [1.165, 1.54) is 17.0 Å². The minimum atomic E-state index is -0.424. The number of nitrogens with zero attached hydrogens (tertiary/aromatic N) is 4. The molecular weight excluding hydrogens is 412 g/mol. The molecule has 6 rings (SSSR count). The summed E-state index contributed by atoms with van der Waals surface area (Å²) in [6.07, 6.45) is 6.27. The van der Waals surface area contributed by atoms with Crippen molar-refractivity contribution in [3.63, 3.8) is 0 Å². The minimum Gasteiger partial charge on any atom is -0.368 e. The Morgan fingerprint density at radius 2 is 1.50 bits per heavy atom. The van der Waals surface area contributed by atoms with Crippen LogP contribution in [-0.2, 0) is 14.4 Å². The van der Waals surface area contributed by atoms with E-state index in [4.69, 9.17) is 0 Å². The average Bonchev–Trinajstić information content (AvgIpc) is 3.10. The van der Waals surface area contributed by atoms with Crippen LogP contribution in [0.1, 0.15) is 19.3 Å². The number of amides is 3. The molecule has 5 aliphatic rings. The number of hydrogen-bond donors (Lipinski definition) is 0. The molecule has 3 aliphatic carbocycles. The number of anilines is 1. The number of hydrogen-bond acceptors (Lipinski definition) is 6. The molecule has 2 heterocycles. The molecule has 0 N–H and O–H groups in total. The average molecular weight is 438 g/mol. The molecule has 1 aromatic carbocycles. The van der Waals surface area contributed by atoms with E-state index in [9.17, 15) is 24.5 Å². The predicted octanol–water partition coefficient (Wildman–Crippen LogP) is 1.83. The monoisotopic (exact) mass is 438 g/mol. The highest BCUT2D eigenvalue weighted by Gasteiger charge is 2.56. The molecule has 4 atom stereocenters. The molecule has 3 fully saturated rings. The van der Waals surface area contributed by atoms with Crippen molar-refractivity contribution in [2.45, 2.75) is 19.3 Å². The standard InChI is InChI=1S/C23H26N4O5/c28-19(25-13-11-24(12-14-25)17-5-7-18(8-6-17)27(31)32)9-10-26-22(29)20-15-1-2-16(4-3-15)21(20)23(26)30/h1-2,5-8,15-16,20-21H,3-4,9-14H2/t15-,16-,20-,21+/m0/s1. The number of nitro benzene ring substituents is 1. The van der Waals surface area contributed by atoms with Crippen LogP contribution in [0.5, 0.6) is 0 Å². The van der Waals surface area contributed by atoms with Gasteiger partial charge in [0.15, 0.2) is 0 Å². The Balaban J connectivity index is 1.14. The summed E-state index contributed by atoms with van der Waals surface area (Å²) in [4.78, 5) is 54.1. The van der Waals surface area contributed by atoms with Crippen LogP contribution < -0.4 is 4.90 Å². The number of rotatable bonds is 5. The SMILES string of the molecule is O=C(CCN1C(=O)[C@@H]2[C@H](C1=O)[C@H]1C=C[C@H]2CC1)N1CCN(c2ccc([N+](=O)[O-])cc2)CC1. The van der Waals surface area contributed by atoms with Crippen molar-refractivity contribution in [1.82, 2.24) is 9.80 Å². The zero-order valence-electron chi connectivity index (χ0n) is 17.8. The molecule has 0 spiro atoms. The van der Waals surface area contributed by atoms with Gasteiger partial charge in [0, 0.05) is 57.0 Å².